The Bertz CT molecular complexity index is 1490. The van der Waals surface area contributed by atoms with Crippen LogP contribution in [-0.2, 0) is 28.5 Å². The molecule has 3 fully saturated rings. The van der Waals surface area contributed by atoms with Crippen LogP contribution in [0.4, 0.5) is 0 Å². The van der Waals surface area contributed by atoms with Gasteiger partial charge in [-0.3, -0.25) is 14.6 Å². The Balaban J connectivity index is 1.48. The molecule has 1 N–H and O–H groups in total. The Morgan fingerprint density at radius 1 is 1.09 bits per heavy atom. The van der Waals surface area contributed by atoms with E-state index in [2.05, 4.69) is 11.9 Å². The third-order valence-corrected chi connectivity index (χ3v) is 10.9. The minimum Gasteiger partial charge on any atom is -0.484 e. The Morgan fingerprint density at radius 3 is 2.51 bits per heavy atom. The first kappa shape index (κ1) is 31.7. The molecule has 11 heteroatoms. The number of aliphatic hydroxyl groups excluding tert-OH is 1. The number of carbonyl (C=O) groups is 2. The lowest BCUT2D eigenvalue weighted by molar-refractivity contribution is -0.282. The van der Waals surface area contributed by atoms with Crippen LogP contribution < -0.4 is 10.4 Å². The monoisotopic (exact) mass is 625 g/mol. The first-order valence-corrected chi connectivity index (χ1v) is 15.9. The molecule has 244 valence electrons. The number of carbonyl (C=O) groups excluding carboxylic acids is 2. The molecule has 2 saturated carbocycles. The fourth-order valence-corrected chi connectivity index (χ4v) is 8.91. The van der Waals surface area contributed by atoms with Crippen LogP contribution in [0.1, 0.15) is 78.4 Å². The Labute approximate surface area is 262 Å². The van der Waals surface area contributed by atoms with Gasteiger partial charge in [0.2, 0.25) is 0 Å². The maximum Gasteiger partial charge on any atom is 0.345 e. The van der Waals surface area contributed by atoms with Crippen LogP contribution in [0, 0.1) is 22.7 Å². The number of fused-ring (bicyclic) bond motifs is 4. The Kier molecular flexibility index (Phi) is 8.33. The fraction of sp³-hybridized carbons (Fsp3) is 0.647. The largest absolute Gasteiger partial charge is 0.484 e. The van der Waals surface area contributed by atoms with Gasteiger partial charge in [-0.2, -0.15) is 0 Å². The van der Waals surface area contributed by atoms with Crippen molar-refractivity contribution in [1.29, 1.82) is 0 Å². The molecule has 0 amide bonds. The van der Waals surface area contributed by atoms with E-state index in [9.17, 15) is 19.5 Å². The molecule has 45 heavy (non-hydrogen) atoms. The highest BCUT2D eigenvalue weighted by molar-refractivity contribution is 5.67. The van der Waals surface area contributed by atoms with E-state index in [0.717, 1.165) is 0 Å². The molecule has 2 aromatic rings. The number of hydrogen-bond acceptors (Lipinski definition) is 11. The van der Waals surface area contributed by atoms with Gasteiger partial charge in [-0.25, -0.2) is 4.79 Å². The zero-order valence-electron chi connectivity index (χ0n) is 26.6. The van der Waals surface area contributed by atoms with Crippen molar-refractivity contribution in [3.8, 4) is 17.1 Å². The van der Waals surface area contributed by atoms with Gasteiger partial charge in [0, 0.05) is 62.4 Å². The lowest BCUT2D eigenvalue weighted by Crippen LogP contribution is -2.71. The van der Waals surface area contributed by atoms with E-state index >= 15 is 0 Å². The summed E-state index contributed by atoms with van der Waals surface area (Å²) in [6.45, 7) is 9.98. The van der Waals surface area contributed by atoms with Crippen molar-refractivity contribution in [2.45, 2.75) is 96.7 Å². The zero-order chi connectivity index (χ0) is 32.1. The van der Waals surface area contributed by atoms with E-state index in [1.165, 1.54) is 13.8 Å². The highest BCUT2D eigenvalue weighted by Crippen LogP contribution is 2.67. The SMILES string of the molecule is CC(=O)OC[C@@]1(C)C2C[C@H](OC3CCOCC3)[C@@]3(C)Oc4cc(-c5cccnc5)oc(=O)c4C(O)C3[C@@]2(C)CC[C@@H]1OC(C)=O. The second-order valence-electron chi connectivity index (χ2n) is 13.8. The van der Waals surface area contributed by atoms with Gasteiger partial charge in [0.1, 0.15) is 35.4 Å². The van der Waals surface area contributed by atoms with Crippen molar-refractivity contribution in [3.05, 3.63) is 46.6 Å². The molecule has 8 atom stereocenters. The number of esters is 2. The van der Waals surface area contributed by atoms with Gasteiger partial charge in [-0.05, 0) is 62.5 Å². The molecule has 0 bridgehead atoms. The predicted octanol–water partition coefficient (Wildman–Crippen LogP) is 4.39. The molecule has 2 aliphatic carbocycles. The van der Waals surface area contributed by atoms with Crippen LogP contribution in [0.5, 0.6) is 5.75 Å². The Morgan fingerprint density at radius 2 is 1.84 bits per heavy atom. The van der Waals surface area contributed by atoms with Crippen molar-refractivity contribution in [1.82, 2.24) is 4.98 Å². The van der Waals surface area contributed by atoms with E-state index in [4.69, 9.17) is 28.1 Å². The third-order valence-electron chi connectivity index (χ3n) is 10.9. The number of hydrogen-bond donors (Lipinski definition) is 1. The van der Waals surface area contributed by atoms with Crippen LogP contribution in [0.3, 0.4) is 0 Å². The van der Waals surface area contributed by atoms with E-state index in [1.54, 1.807) is 30.6 Å². The van der Waals surface area contributed by atoms with Gasteiger partial charge in [0.25, 0.3) is 0 Å². The molecule has 0 spiro atoms. The summed E-state index contributed by atoms with van der Waals surface area (Å²) in [5, 5.41) is 12.3. The highest BCUT2D eigenvalue weighted by atomic mass is 16.6. The molecule has 1 saturated heterocycles. The second-order valence-corrected chi connectivity index (χ2v) is 13.8. The summed E-state index contributed by atoms with van der Waals surface area (Å²) in [6.07, 6.45) is 3.84. The number of aliphatic hydroxyl groups is 1. The highest BCUT2D eigenvalue weighted by Gasteiger charge is 2.70. The third kappa shape index (κ3) is 5.46. The summed E-state index contributed by atoms with van der Waals surface area (Å²) in [7, 11) is 0. The predicted molar refractivity (Wildman–Crippen MR) is 160 cm³/mol. The number of pyridine rings is 1. The molecule has 3 unspecified atom stereocenters. The summed E-state index contributed by atoms with van der Waals surface area (Å²) >= 11 is 0. The van der Waals surface area contributed by atoms with Crippen LogP contribution in [-0.4, -0.2) is 65.8 Å². The average molecular weight is 626 g/mol. The number of rotatable bonds is 6. The van der Waals surface area contributed by atoms with Gasteiger partial charge in [-0.15, -0.1) is 0 Å². The van der Waals surface area contributed by atoms with Crippen molar-refractivity contribution < 1.29 is 42.8 Å². The second kappa shape index (κ2) is 11.8. The maximum atomic E-state index is 13.6. The van der Waals surface area contributed by atoms with E-state index in [-0.39, 0.29) is 29.9 Å². The summed E-state index contributed by atoms with van der Waals surface area (Å²) in [6, 6.07) is 5.19. The maximum absolute atomic E-state index is 13.6. The van der Waals surface area contributed by atoms with Gasteiger partial charge in [0.15, 0.2) is 0 Å². The summed E-state index contributed by atoms with van der Waals surface area (Å²) in [5.74, 6) is -1.15. The molecule has 0 aromatic carbocycles. The van der Waals surface area contributed by atoms with E-state index in [1.807, 2.05) is 13.8 Å². The summed E-state index contributed by atoms with van der Waals surface area (Å²) in [4.78, 5) is 42.1. The smallest absolute Gasteiger partial charge is 0.345 e. The standard InChI is InChI=1S/C34H43NO10/c1-19(36)41-18-33(4)25-16-27(43-22-9-13-40-14-10-22)34(5)30(32(25,3)11-8-26(33)42-20(2)37)29(38)28-24(45-34)15-23(44-31(28)39)21-7-6-12-35-17-21/h6-7,12,15,17,22,25-27,29-30,38H,8-11,13-14,16,18H2,1-5H3/t25?,26-,27-,29?,30?,32-,33-,34+/m0/s1. The summed E-state index contributed by atoms with van der Waals surface area (Å²) in [5.41, 5.74) is -2.49. The van der Waals surface area contributed by atoms with E-state index < -0.39 is 58.2 Å². The molecular formula is C34H43NO10. The van der Waals surface area contributed by atoms with Crippen molar-refractivity contribution in [2.75, 3.05) is 19.8 Å². The quantitative estimate of drug-likeness (QED) is 0.457. The molecule has 4 aliphatic rings. The first-order chi connectivity index (χ1) is 21.4. The molecular weight excluding hydrogens is 582 g/mol. The van der Waals surface area contributed by atoms with Gasteiger partial charge < -0.3 is 33.2 Å². The lowest BCUT2D eigenvalue weighted by Gasteiger charge is -2.67. The van der Waals surface area contributed by atoms with Crippen LogP contribution in [0.25, 0.3) is 11.3 Å². The van der Waals surface area contributed by atoms with Crippen molar-refractivity contribution >= 4 is 11.9 Å². The molecule has 2 aliphatic heterocycles. The van der Waals surface area contributed by atoms with E-state index in [0.29, 0.717) is 56.6 Å². The van der Waals surface area contributed by atoms with Gasteiger partial charge >= 0.3 is 17.6 Å². The molecule has 6 rings (SSSR count). The first-order valence-electron chi connectivity index (χ1n) is 15.9. The fourth-order valence-electron chi connectivity index (χ4n) is 8.91. The van der Waals surface area contributed by atoms with Gasteiger partial charge in [0.05, 0.1) is 18.3 Å². The van der Waals surface area contributed by atoms with Gasteiger partial charge in [-0.1, -0.05) is 13.8 Å². The molecule has 2 aromatic heterocycles. The number of aromatic nitrogens is 1. The van der Waals surface area contributed by atoms with Crippen molar-refractivity contribution in [2.24, 2.45) is 22.7 Å². The zero-order valence-corrected chi connectivity index (χ0v) is 26.6. The molecule has 4 heterocycles. The minimum absolute atomic E-state index is 0.0259. The molecule has 11 nitrogen and oxygen atoms in total. The van der Waals surface area contributed by atoms with Crippen LogP contribution in [0.15, 0.2) is 39.8 Å². The minimum atomic E-state index is -1.24. The topological polar surface area (TPSA) is 144 Å². The normalized spacial score (nSPS) is 36.1. The summed E-state index contributed by atoms with van der Waals surface area (Å²) < 4.78 is 36.7. The van der Waals surface area contributed by atoms with Crippen LogP contribution >= 0.6 is 0 Å². The average Bonchev–Trinajstić information content (AvgIpc) is 2.99. The molecule has 0 radical (unpaired) electrons. The Hall–Kier alpha value is -3.28. The number of nitrogens with zero attached hydrogens (tertiary/aromatic N) is 1. The number of ether oxygens (including phenoxy) is 5. The van der Waals surface area contributed by atoms with Crippen molar-refractivity contribution in [3.63, 3.8) is 0 Å². The van der Waals surface area contributed by atoms with Crippen LogP contribution in [0.2, 0.25) is 0 Å². The lowest BCUT2D eigenvalue weighted by atomic mass is 9.42.